The fourth-order valence-electron chi connectivity index (χ4n) is 4.49. The monoisotopic (exact) mass is 418 g/mol. The van der Waals surface area contributed by atoms with Gasteiger partial charge in [-0.2, -0.15) is 0 Å². The molecule has 31 heavy (non-hydrogen) atoms. The molecule has 2 aromatic heterocycles. The van der Waals surface area contributed by atoms with Crippen LogP contribution in [0.4, 0.5) is 4.39 Å². The number of carbonyl (C=O) groups is 1. The molecule has 3 N–H and O–H groups in total. The van der Waals surface area contributed by atoms with E-state index in [0.29, 0.717) is 19.5 Å². The minimum atomic E-state index is -0.398. The Morgan fingerprint density at radius 3 is 2.90 bits per heavy atom. The van der Waals surface area contributed by atoms with Gasteiger partial charge in [-0.1, -0.05) is 24.3 Å². The Morgan fingerprint density at radius 2 is 2.13 bits per heavy atom. The zero-order valence-corrected chi connectivity index (χ0v) is 17.2. The number of aromatic amines is 1. The van der Waals surface area contributed by atoms with Crippen molar-refractivity contribution in [2.45, 2.75) is 19.4 Å². The lowest BCUT2D eigenvalue weighted by molar-refractivity contribution is -0.130. The van der Waals surface area contributed by atoms with Crippen LogP contribution in [0.5, 0.6) is 5.75 Å². The maximum atomic E-state index is 14.3. The summed E-state index contributed by atoms with van der Waals surface area (Å²) in [5, 5.41) is 2.28. The Bertz CT molecular complexity index is 1310. The molecule has 3 heterocycles. The van der Waals surface area contributed by atoms with Crippen molar-refractivity contribution in [2.75, 3.05) is 20.2 Å². The minimum Gasteiger partial charge on any atom is -0.494 e. The fourth-order valence-corrected chi connectivity index (χ4v) is 4.49. The second-order valence-electron chi connectivity index (χ2n) is 7.82. The van der Waals surface area contributed by atoms with E-state index in [4.69, 9.17) is 15.5 Å². The van der Waals surface area contributed by atoms with Crippen molar-refractivity contribution in [3.8, 4) is 5.75 Å². The molecule has 158 valence electrons. The highest BCUT2D eigenvalue weighted by Crippen LogP contribution is 2.35. The number of benzene rings is 2. The lowest BCUT2D eigenvalue weighted by Crippen LogP contribution is -2.40. The molecule has 0 radical (unpaired) electrons. The highest BCUT2D eigenvalue weighted by Gasteiger charge is 2.26. The number of fused-ring (bicyclic) bond motifs is 5. The summed E-state index contributed by atoms with van der Waals surface area (Å²) in [4.78, 5) is 22.4. The molecule has 0 saturated carbocycles. The number of aromatic nitrogens is 2. The van der Waals surface area contributed by atoms with E-state index in [9.17, 15) is 9.18 Å². The summed E-state index contributed by atoms with van der Waals surface area (Å²) < 4.78 is 19.3. The third-order valence-electron chi connectivity index (χ3n) is 6.00. The van der Waals surface area contributed by atoms with Crippen LogP contribution in [-0.2, 0) is 24.2 Å². The van der Waals surface area contributed by atoms with E-state index >= 15 is 0 Å². The predicted molar refractivity (Wildman–Crippen MR) is 118 cm³/mol. The first-order chi connectivity index (χ1) is 15.1. The number of rotatable bonds is 4. The van der Waals surface area contributed by atoms with Crippen LogP contribution < -0.4 is 10.5 Å². The first-order valence-corrected chi connectivity index (χ1v) is 10.3. The summed E-state index contributed by atoms with van der Waals surface area (Å²) in [6.07, 6.45) is 1.19. The van der Waals surface area contributed by atoms with Crippen LogP contribution in [0.15, 0.2) is 42.5 Å². The predicted octanol–water partition coefficient (Wildman–Crippen LogP) is 3.30. The summed E-state index contributed by atoms with van der Waals surface area (Å²) in [7, 11) is 1.45. The van der Waals surface area contributed by atoms with Crippen LogP contribution in [0.1, 0.15) is 22.5 Å². The van der Waals surface area contributed by atoms with Gasteiger partial charge in [0, 0.05) is 29.3 Å². The number of hydrogen-bond acceptors (Lipinski definition) is 4. The van der Waals surface area contributed by atoms with Crippen LogP contribution in [0.2, 0.25) is 0 Å². The molecule has 0 saturated heterocycles. The molecule has 4 aromatic rings. The van der Waals surface area contributed by atoms with Gasteiger partial charge in [0.05, 0.1) is 37.1 Å². The van der Waals surface area contributed by atoms with Crippen LogP contribution >= 0.6 is 0 Å². The van der Waals surface area contributed by atoms with Crippen LogP contribution in [0.3, 0.4) is 0 Å². The highest BCUT2D eigenvalue weighted by molar-refractivity contribution is 6.10. The van der Waals surface area contributed by atoms with E-state index in [1.165, 1.54) is 13.2 Å². The zero-order chi connectivity index (χ0) is 21.5. The molecule has 0 unspecified atom stereocenters. The number of carbonyl (C=O) groups excluding carboxylic acids is 1. The minimum absolute atomic E-state index is 0.0113. The SMILES string of the molecule is COc1ccc(Cc2nc3c(c4c2[nH]c2ccccc24)CCN(C(=O)CN)C3)cc1F. The lowest BCUT2D eigenvalue weighted by atomic mass is 9.96. The maximum Gasteiger partial charge on any atom is 0.236 e. The Kier molecular flexibility index (Phi) is 4.82. The number of para-hydroxylation sites is 1. The molecule has 2 aromatic carbocycles. The van der Waals surface area contributed by atoms with E-state index < -0.39 is 5.82 Å². The quantitative estimate of drug-likeness (QED) is 0.533. The molecule has 7 heteroatoms. The van der Waals surface area contributed by atoms with Gasteiger partial charge in [-0.15, -0.1) is 0 Å². The number of methoxy groups -OCH3 is 1. The summed E-state index contributed by atoms with van der Waals surface area (Å²) in [6.45, 7) is 1.05. The van der Waals surface area contributed by atoms with Crippen LogP contribution in [-0.4, -0.2) is 41.0 Å². The van der Waals surface area contributed by atoms with Crippen molar-refractivity contribution in [1.29, 1.82) is 0 Å². The van der Waals surface area contributed by atoms with Crippen LogP contribution in [0, 0.1) is 5.82 Å². The molecular formula is C24H23FN4O2. The Labute approximate surface area is 178 Å². The highest BCUT2D eigenvalue weighted by atomic mass is 19.1. The number of nitrogens with two attached hydrogens (primary N) is 1. The van der Waals surface area contributed by atoms with Gasteiger partial charge in [0.2, 0.25) is 5.91 Å². The standard InChI is InChI=1S/C24H23FN4O2/c1-31-21-7-6-14(10-17(21)25)11-19-24-23(15-4-2-3-5-18(15)28-24)16-8-9-29(22(30)12-26)13-20(16)27-19/h2-7,10,28H,8-9,11-13,26H2,1H3. The maximum absolute atomic E-state index is 14.3. The fraction of sp³-hybridized carbons (Fsp3) is 0.250. The molecule has 1 aliphatic heterocycles. The van der Waals surface area contributed by atoms with Gasteiger partial charge < -0.3 is 20.4 Å². The van der Waals surface area contributed by atoms with Gasteiger partial charge in [-0.3, -0.25) is 9.78 Å². The molecule has 0 aliphatic carbocycles. The van der Waals surface area contributed by atoms with Gasteiger partial charge in [0.1, 0.15) is 0 Å². The van der Waals surface area contributed by atoms with E-state index in [1.54, 1.807) is 11.0 Å². The third-order valence-corrected chi connectivity index (χ3v) is 6.00. The van der Waals surface area contributed by atoms with E-state index in [2.05, 4.69) is 11.1 Å². The van der Waals surface area contributed by atoms with Crippen molar-refractivity contribution in [3.63, 3.8) is 0 Å². The van der Waals surface area contributed by atoms with Crippen molar-refractivity contribution >= 4 is 27.7 Å². The first-order valence-electron chi connectivity index (χ1n) is 10.3. The summed E-state index contributed by atoms with van der Waals surface area (Å²) in [5.41, 5.74) is 11.3. The van der Waals surface area contributed by atoms with Crippen LogP contribution in [0.25, 0.3) is 21.8 Å². The van der Waals surface area contributed by atoms with Gasteiger partial charge in [0.15, 0.2) is 11.6 Å². The molecule has 0 spiro atoms. The molecule has 0 atom stereocenters. The summed E-state index contributed by atoms with van der Waals surface area (Å²) in [6, 6.07) is 13.1. The van der Waals surface area contributed by atoms with Crippen molar-refractivity contribution in [1.82, 2.24) is 14.9 Å². The van der Waals surface area contributed by atoms with E-state index in [1.807, 2.05) is 24.3 Å². The third kappa shape index (κ3) is 3.31. The van der Waals surface area contributed by atoms with Gasteiger partial charge in [0.25, 0.3) is 0 Å². The van der Waals surface area contributed by atoms with Gasteiger partial charge in [-0.05, 0) is 35.7 Å². The average molecular weight is 418 g/mol. The topological polar surface area (TPSA) is 84.2 Å². The largest absolute Gasteiger partial charge is 0.494 e. The number of H-pyrrole nitrogens is 1. The van der Waals surface area contributed by atoms with Crippen molar-refractivity contribution in [2.24, 2.45) is 5.73 Å². The molecule has 0 bridgehead atoms. The molecule has 1 aliphatic rings. The molecule has 1 amide bonds. The molecule has 5 rings (SSSR count). The first kappa shape index (κ1) is 19.5. The number of nitrogens with zero attached hydrogens (tertiary/aromatic N) is 2. The van der Waals surface area contributed by atoms with Gasteiger partial charge in [-0.25, -0.2) is 4.39 Å². The second kappa shape index (κ2) is 7.67. The molecule has 0 fully saturated rings. The second-order valence-corrected chi connectivity index (χ2v) is 7.82. The Morgan fingerprint density at radius 1 is 1.29 bits per heavy atom. The van der Waals surface area contributed by atoms with Gasteiger partial charge >= 0.3 is 0 Å². The zero-order valence-electron chi connectivity index (χ0n) is 17.2. The molecular weight excluding hydrogens is 395 g/mol. The molecule has 6 nitrogen and oxygen atoms in total. The number of amides is 1. The number of halogens is 1. The number of ether oxygens (including phenoxy) is 1. The van der Waals surface area contributed by atoms with Crippen molar-refractivity contribution < 1.29 is 13.9 Å². The Hall–Kier alpha value is -3.45. The average Bonchev–Trinajstić information content (AvgIpc) is 3.18. The lowest BCUT2D eigenvalue weighted by Gasteiger charge is -2.29. The summed E-state index contributed by atoms with van der Waals surface area (Å²) >= 11 is 0. The number of hydrogen-bond donors (Lipinski definition) is 2. The Balaban J connectivity index is 1.67. The van der Waals surface area contributed by atoms with E-state index in [-0.39, 0.29) is 18.2 Å². The smallest absolute Gasteiger partial charge is 0.236 e. The summed E-state index contributed by atoms with van der Waals surface area (Å²) in [5.74, 6) is -0.260. The van der Waals surface area contributed by atoms with Crippen molar-refractivity contribution in [3.05, 3.63) is 70.8 Å². The number of nitrogens with one attached hydrogen (secondary N) is 1. The number of pyridine rings is 1. The van der Waals surface area contributed by atoms with E-state index in [0.717, 1.165) is 50.7 Å². The normalized spacial score (nSPS) is 13.6.